The van der Waals surface area contributed by atoms with Crippen molar-refractivity contribution in [3.8, 4) is 0 Å². The molecule has 88 valence electrons. The van der Waals surface area contributed by atoms with Gasteiger partial charge in [0.1, 0.15) is 0 Å². The molecular formula is C12H19N3O. The van der Waals surface area contributed by atoms with E-state index in [9.17, 15) is 4.79 Å². The number of carbonyl (C=O) groups is 1. The van der Waals surface area contributed by atoms with Crippen LogP contribution in [0.2, 0.25) is 0 Å². The van der Waals surface area contributed by atoms with Crippen molar-refractivity contribution in [2.24, 2.45) is 5.73 Å². The lowest BCUT2D eigenvalue weighted by Crippen LogP contribution is -2.45. The zero-order valence-corrected chi connectivity index (χ0v) is 10.2. The summed E-state index contributed by atoms with van der Waals surface area (Å²) in [4.78, 5) is 13.6. The van der Waals surface area contributed by atoms with Crippen LogP contribution in [0.5, 0.6) is 0 Å². The summed E-state index contributed by atoms with van der Waals surface area (Å²) in [5.41, 5.74) is 6.67. The number of hydrogen-bond acceptors (Lipinski definition) is 3. The maximum absolute atomic E-state index is 11.6. The van der Waals surface area contributed by atoms with Crippen LogP contribution in [0, 0.1) is 0 Å². The molecule has 0 saturated heterocycles. The molecule has 0 saturated carbocycles. The third kappa shape index (κ3) is 3.24. The molecule has 1 aromatic carbocycles. The molecule has 3 N–H and O–H groups in total. The predicted octanol–water partition coefficient (Wildman–Crippen LogP) is 1.43. The highest BCUT2D eigenvalue weighted by molar-refractivity contribution is 5.97. The molecule has 0 aliphatic carbocycles. The first kappa shape index (κ1) is 12.5. The van der Waals surface area contributed by atoms with Crippen molar-refractivity contribution in [2.75, 3.05) is 24.3 Å². The van der Waals surface area contributed by atoms with Crippen LogP contribution in [0.4, 0.5) is 11.4 Å². The fourth-order valence-electron chi connectivity index (χ4n) is 1.14. The van der Waals surface area contributed by atoms with Gasteiger partial charge in [0.25, 0.3) is 0 Å². The first-order valence-corrected chi connectivity index (χ1v) is 5.18. The van der Waals surface area contributed by atoms with Gasteiger partial charge in [-0.25, -0.2) is 0 Å². The van der Waals surface area contributed by atoms with Crippen molar-refractivity contribution in [2.45, 2.75) is 19.4 Å². The van der Waals surface area contributed by atoms with Crippen molar-refractivity contribution in [1.82, 2.24) is 0 Å². The summed E-state index contributed by atoms with van der Waals surface area (Å²) in [5.74, 6) is -0.190. The number of hydrogen-bond donors (Lipinski definition) is 2. The Bertz CT molecular complexity index is 363. The van der Waals surface area contributed by atoms with E-state index in [0.717, 1.165) is 11.4 Å². The summed E-state index contributed by atoms with van der Waals surface area (Å²) >= 11 is 0. The van der Waals surface area contributed by atoms with Crippen molar-refractivity contribution >= 4 is 17.3 Å². The van der Waals surface area contributed by atoms with Gasteiger partial charge in [-0.15, -0.1) is 0 Å². The number of carbonyl (C=O) groups excluding carboxylic acids is 1. The van der Waals surface area contributed by atoms with E-state index >= 15 is 0 Å². The zero-order valence-electron chi connectivity index (χ0n) is 10.2. The quantitative estimate of drug-likeness (QED) is 0.811. The Morgan fingerprint density at radius 1 is 1.25 bits per heavy atom. The smallest absolute Gasteiger partial charge is 0.243 e. The third-order valence-electron chi connectivity index (χ3n) is 2.23. The van der Waals surface area contributed by atoms with Crippen LogP contribution in [-0.4, -0.2) is 25.5 Å². The minimum absolute atomic E-state index is 0.190. The molecule has 0 heterocycles. The molecule has 0 bridgehead atoms. The largest absolute Gasteiger partial charge is 0.378 e. The maximum Gasteiger partial charge on any atom is 0.243 e. The minimum Gasteiger partial charge on any atom is -0.378 e. The number of amides is 1. The van der Waals surface area contributed by atoms with E-state index in [2.05, 4.69) is 5.32 Å². The van der Waals surface area contributed by atoms with Crippen molar-refractivity contribution < 1.29 is 4.79 Å². The molecule has 4 heteroatoms. The van der Waals surface area contributed by atoms with E-state index in [-0.39, 0.29) is 5.91 Å². The minimum atomic E-state index is -0.861. The van der Waals surface area contributed by atoms with Gasteiger partial charge in [-0.3, -0.25) is 4.79 Å². The van der Waals surface area contributed by atoms with E-state index in [1.807, 2.05) is 43.3 Å². The molecule has 16 heavy (non-hydrogen) atoms. The molecule has 1 amide bonds. The average molecular weight is 221 g/mol. The molecule has 0 fully saturated rings. The summed E-state index contributed by atoms with van der Waals surface area (Å²) in [6.45, 7) is 3.35. The number of benzene rings is 1. The van der Waals surface area contributed by atoms with E-state index in [4.69, 9.17) is 5.73 Å². The number of anilines is 2. The monoisotopic (exact) mass is 221 g/mol. The van der Waals surface area contributed by atoms with Crippen LogP contribution in [0.15, 0.2) is 24.3 Å². The van der Waals surface area contributed by atoms with Crippen molar-refractivity contribution in [1.29, 1.82) is 0 Å². The van der Waals surface area contributed by atoms with E-state index in [1.54, 1.807) is 13.8 Å². The fraction of sp³-hybridized carbons (Fsp3) is 0.417. The van der Waals surface area contributed by atoms with Crippen LogP contribution in [0.1, 0.15) is 13.8 Å². The van der Waals surface area contributed by atoms with Gasteiger partial charge in [0.15, 0.2) is 0 Å². The first-order valence-electron chi connectivity index (χ1n) is 5.18. The summed E-state index contributed by atoms with van der Waals surface area (Å²) < 4.78 is 0. The topological polar surface area (TPSA) is 58.4 Å². The predicted molar refractivity (Wildman–Crippen MR) is 67.7 cm³/mol. The SMILES string of the molecule is CN(C)c1ccc(NC(=O)C(C)(C)N)cc1. The highest BCUT2D eigenvalue weighted by Crippen LogP contribution is 2.16. The molecule has 0 spiro atoms. The number of nitrogens with zero attached hydrogens (tertiary/aromatic N) is 1. The van der Waals surface area contributed by atoms with Crippen LogP contribution < -0.4 is 16.0 Å². The maximum atomic E-state index is 11.6. The Labute approximate surface area is 96.4 Å². The molecular weight excluding hydrogens is 202 g/mol. The molecule has 0 atom stereocenters. The van der Waals surface area contributed by atoms with Gasteiger partial charge in [-0.1, -0.05) is 0 Å². The highest BCUT2D eigenvalue weighted by atomic mass is 16.2. The van der Waals surface area contributed by atoms with Gasteiger partial charge < -0.3 is 16.0 Å². The highest BCUT2D eigenvalue weighted by Gasteiger charge is 2.21. The molecule has 1 aromatic rings. The second-order valence-electron chi connectivity index (χ2n) is 4.62. The van der Waals surface area contributed by atoms with E-state index < -0.39 is 5.54 Å². The van der Waals surface area contributed by atoms with E-state index in [0.29, 0.717) is 0 Å². The third-order valence-corrected chi connectivity index (χ3v) is 2.23. The van der Waals surface area contributed by atoms with Crippen LogP contribution in [0.3, 0.4) is 0 Å². The van der Waals surface area contributed by atoms with Crippen LogP contribution >= 0.6 is 0 Å². The number of nitrogens with two attached hydrogens (primary N) is 1. The van der Waals surface area contributed by atoms with Gasteiger partial charge in [0.05, 0.1) is 5.54 Å². The molecule has 0 aliphatic rings. The van der Waals surface area contributed by atoms with Gasteiger partial charge >= 0.3 is 0 Å². The number of rotatable bonds is 3. The molecule has 0 aromatic heterocycles. The summed E-state index contributed by atoms with van der Waals surface area (Å²) in [6, 6.07) is 7.61. The second kappa shape index (κ2) is 4.53. The van der Waals surface area contributed by atoms with Gasteiger partial charge in [-0.05, 0) is 38.1 Å². The summed E-state index contributed by atoms with van der Waals surface area (Å²) in [7, 11) is 3.94. The first-order chi connectivity index (χ1) is 7.30. The summed E-state index contributed by atoms with van der Waals surface area (Å²) in [6.07, 6.45) is 0. The average Bonchev–Trinajstić information content (AvgIpc) is 2.17. The lowest BCUT2D eigenvalue weighted by Gasteiger charge is -2.18. The fourth-order valence-corrected chi connectivity index (χ4v) is 1.14. The second-order valence-corrected chi connectivity index (χ2v) is 4.62. The molecule has 0 aliphatic heterocycles. The Balaban J connectivity index is 2.73. The zero-order chi connectivity index (χ0) is 12.3. The van der Waals surface area contributed by atoms with Crippen LogP contribution in [-0.2, 0) is 4.79 Å². The van der Waals surface area contributed by atoms with Gasteiger partial charge in [0.2, 0.25) is 5.91 Å². The Kier molecular flexibility index (Phi) is 3.55. The lowest BCUT2D eigenvalue weighted by atomic mass is 10.1. The lowest BCUT2D eigenvalue weighted by molar-refractivity contribution is -0.120. The number of nitrogens with one attached hydrogen (secondary N) is 1. The van der Waals surface area contributed by atoms with Crippen molar-refractivity contribution in [3.05, 3.63) is 24.3 Å². The van der Waals surface area contributed by atoms with E-state index in [1.165, 1.54) is 0 Å². The molecule has 4 nitrogen and oxygen atoms in total. The Hall–Kier alpha value is -1.55. The standard InChI is InChI=1S/C12H19N3O/c1-12(2,13)11(16)14-9-5-7-10(8-6-9)15(3)4/h5-8H,13H2,1-4H3,(H,14,16). The Morgan fingerprint density at radius 3 is 2.12 bits per heavy atom. The van der Waals surface area contributed by atoms with Crippen LogP contribution in [0.25, 0.3) is 0 Å². The molecule has 1 rings (SSSR count). The van der Waals surface area contributed by atoms with Crippen molar-refractivity contribution in [3.63, 3.8) is 0 Å². The van der Waals surface area contributed by atoms with Gasteiger partial charge in [-0.2, -0.15) is 0 Å². The van der Waals surface area contributed by atoms with Gasteiger partial charge in [0, 0.05) is 25.5 Å². The molecule has 0 unspecified atom stereocenters. The summed E-state index contributed by atoms with van der Waals surface area (Å²) in [5, 5.41) is 2.77. The normalized spacial score (nSPS) is 11.1. The molecule has 0 radical (unpaired) electrons. The Morgan fingerprint density at radius 2 is 1.75 bits per heavy atom.